The van der Waals surface area contributed by atoms with Gasteiger partial charge in [0.2, 0.25) is 5.91 Å². The number of amides is 1. The quantitative estimate of drug-likeness (QED) is 0.647. The van der Waals surface area contributed by atoms with Gasteiger partial charge in [-0.1, -0.05) is 24.3 Å². The number of hydrogen-bond donors (Lipinski definition) is 4. The maximum Gasteiger partial charge on any atom is 0.241 e. The molecule has 1 saturated heterocycles. The highest BCUT2D eigenvalue weighted by atomic mass is 16.5. The molecule has 1 fully saturated rings. The average Bonchev–Trinajstić information content (AvgIpc) is 2.59. The Hall–Kier alpha value is -2.57. The van der Waals surface area contributed by atoms with Crippen LogP contribution in [-0.2, 0) is 11.2 Å². The first-order chi connectivity index (χ1) is 12.1. The minimum absolute atomic E-state index is 0.0437. The molecule has 3 rings (SSSR count). The van der Waals surface area contributed by atoms with Crippen LogP contribution in [0, 0.1) is 6.92 Å². The van der Waals surface area contributed by atoms with Crippen molar-refractivity contribution in [2.45, 2.75) is 32.6 Å². The van der Waals surface area contributed by atoms with Gasteiger partial charge in [-0.25, -0.2) is 10.9 Å². The number of carbonyl (C=O) groups excluding carboxylic acids is 1. The highest BCUT2D eigenvalue weighted by molar-refractivity contribution is 5.83. The zero-order valence-corrected chi connectivity index (χ0v) is 14.5. The maximum absolute atomic E-state index is 12.4. The lowest BCUT2D eigenvalue weighted by atomic mass is 10.1. The summed E-state index contributed by atoms with van der Waals surface area (Å²) in [5.74, 6) is 0.797. The summed E-state index contributed by atoms with van der Waals surface area (Å²) in [5, 5.41) is 6.17. The summed E-state index contributed by atoms with van der Waals surface area (Å²) in [6.45, 7) is 4.63. The first-order valence-corrected chi connectivity index (χ1v) is 8.50. The molecule has 1 amide bonds. The molecule has 1 aliphatic heterocycles. The molecule has 0 spiro atoms. The van der Waals surface area contributed by atoms with E-state index >= 15 is 0 Å². The Bertz CT molecular complexity index is 718. The smallest absolute Gasteiger partial charge is 0.241 e. The van der Waals surface area contributed by atoms with Crippen LogP contribution in [0.25, 0.3) is 0 Å². The highest BCUT2D eigenvalue weighted by Gasteiger charge is 2.27. The Balaban J connectivity index is 1.54. The van der Waals surface area contributed by atoms with Gasteiger partial charge in [0, 0.05) is 5.69 Å². The minimum Gasteiger partial charge on any atom is -0.494 e. The summed E-state index contributed by atoms with van der Waals surface area (Å²) in [4.78, 5) is 12.4. The Morgan fingerprint density at radius 2 is 1.92 bits per heavy atom. The van der Waals surface area contributed by atoms with Crippen molar-refractivity contribution in [3.8, 4) is 5.75 Å². The van der Waals surface area contributed by atoms with Gasteiger partial charge in [0.15, 0.2) is 6.29 Å². The summed E-state index contributed by atoms with van der Waals surface area (Å²) in [5.41, 5.74) is 9.37. The molecule has 2 unspecified atom stereocenters. The molecule has 2 aromatic rings. The predicted octanol–water partition coefficient (Wildman–Crippen LogP) is 1.92. The molecule has 0 bridgehead atoms. The fourth-order valence-corrected chi connectivity index (χ4v) is 2.77. The van der Waals surface area contributed by atoms with Crippen LogP contribution in [0.4, 0.5) is 5.69 Å². The summed E-state index contributed by atoms with van der Waals surface area (Å²) in [6, 6.07) is 15.5. The number of hydrogen-bond acceptors (Lipinski definition) is 5. The van der Waals surface area contributed by atoms with Crippen LogP contribution in [0.5, 0.6) is 5.75 Å². The van der Waals surface area contributed by atoms with Gasteiger partial charge in [-0.05, 0) is 55.7 Å². The number of hydrazine groups is 1. The summed E-state index contributed by atoms with van der Waals surface area (Å²) in [6.07, 6.45) is 0.244. The Kier molecular flexibility index (Phi) is 5.53. The van der Waals surface area contributed by atoms with Crippen LogP contribution in [0.3, 0.4) is 0 Å². The van der Waals surface area contributed by atoms with Gasteiger partial charge < -0.3 is 15.4 Å². The third-order valence-electron chi connectivity index (χ3n) is 4.01. The average molecular weight is 340 g/mol. The third kappa shape index (κ3) is 4.71. The fraction of sp³-hybridized carbons (Fsp3) is 0.316. The van der Waals surface area contributed by atoms with E-state index < -0.39 is 0 Å². The molecule has 132 valence electrons. The van der Waals surface area contributed by atoms with E-state index in [9.17, 15) is 4.79 Å². The van der Waals surface area contributed by atoms with E-state index in [0.29, 0.717) is 13.0 Å². The van der Waals surface area contributed by atoms with Crippen molar-refractivity contribution in [1.29, 1.82) is 0 Å². The number of carbonyl (C=O) groups is 1. The van der Waals surface area contributed by atoms with E-state index in [1.54, 1.807) is 0 Å². The van der Waals surface area contributed by atoms with Gasteiger partial charge in [-0.2, -0.15) is 0 Å². The van der Waals surface area contributed by atoms with Gasteiger partial charge in [-0.15, -0.1) is 0 Å². The fourth-order valence-electron chi connectivity index (χ4n) is 2.77. The number of nitrogens with one attached hydrogen (secondary N) is 4. The van der Waals surface area contributed by atoms with Crippen molar-refractivity contribution < 1.29 is 9.53 Å². The number of aryl methyl sites for hydroxylation is 1. The molecule has 0 aromatic heterocycles. The summed E-state index contributed by atoms with van der Waals surface area (Å²) >= 11 is 0. The topological polar surface area (TPSA) is 74.4 Å². The lowest BCUT2D eigenvalue weighted by Gasteiger charge is -2.32. The Morgan fingerprint density at radius 3 is 2.60 bits per heavy atom. The molecule has 0 radical (unpaired) electrons. The van der Waals surface area contributed by atoms with Crippen LogP contribution >= 0.6 is 0 Å². The number of rotatable bonds is 6. The monoisotopic (exact) mass is 340 g/mol. The third-order valence-corrected chi connectivity index (χ3v) is 4.01. The Morgan fingerprint density at radius 1 is 1.12 bits per heavy atom. The molecule has 1 heterocycles. The summed E-state index contributed by atoms with van der Waals surface area (Å²) < 4.78 is 5.44. The van der Waals surface area contributed by atoms with Gasteiger partial charge in [0.1, 0.15) is 11.8 Å². The normalized spacial score (nSPS) is 20.0. The first kappa shape index (κ1) is 17.3. The van der Waals surface area contributed by atoms with E-state index in [-0.39, 0.29) is 18.2 Å². The van der Waals surface area contributed by atoms with Crippen molar-refractivity contribution >= 4 is 11.6 Å². The number of anilines is 1. The van der Waals surface area contributed by atoms with E-state index in [2.05, 4.69) is 21.5 Å². The lowest BCUT2D eigenvalue weighted by Crippen LogP contribution is -2.68. The van der Waals surface area contributed by atoms with E-state index in [0.717, 1.165) is 22.6 Å². The van der Waals surface area contributed by atoms with E-state index in [1.165, 1.54) is 0 Å². The zero-order valence-electron chi connectivity index (χ0n) is 14.5. The standard InChI is InChI=1S/C19H24N4O2/c1-3-25-16-9-7-14(8-10-16)12-17-18(24)21-19(23-22-17)20-15-6-4-5-13(2)11-15/h4-11,17,19-20,22-23H,3,12H2,1-2H3,(H,21,24). The van der Waals surface area contributed by atoms with Crippen LogP contribution in [-0.4, -0.2) is 24.8 Å². The van der Waals surface area contributed by atoms with Crippen LogP contribution in [0.15, 0.2) is 48.5 Å². The van der Waals surface area contributed by atoms with Crippen LogP contribution in [0.1, 0.15) is 18.1 Å². The van der Waals surface area contributed by atoms with Crippen molar-refractivity contribution in [2.24, 2.45) is 0 Å². The molecule has 2 aromatic carbocycles. The molecule has 0 saturated carbocycles. The molecule has 6 heteroatoms. The highest BCUT2D eigenvalue weighted by Crippen LogP contribution is 2.14. The van der Waals surface area contributed by atoms with Gasteiger partial charge >= 0.3 is 0 Å². The van der Waals surface area contributed by atoms with Crippen molar-refractivity contribution in [2.75, 3.05) is 11.9 Å². The molecule has 0 aliphatic carbocycles. The van der Waals surface area contributed by atoms with E-state index in [1.807, 2.05) is 62.4 Å². The molecule has 6 nitrogen and oxygen atoms in total. The van der Waals surface area contributed by atoms with Gasteiger partial charge in [0.05, 0.1) is 6.61 Å². The zero-order chi connectivity index (χ0) is 17.6. The largest absolute Gasteiger partial charge is 0.494 e. The molecule has 4 N–H and O–H groups in total. The lowest BCUT2D eigenvalue weighted by molar-refractivity contribution is -0.126. The number of benzene rings is 2. The van der Waals surface area contributed by atoms with Gasteiger partial charge in [0.25, 0.3) is 0 Å². The van der Waals surface area contributed by atoms with Crippen molar-refractivity contribution in [3.05, 3.63) is 59.7 Å². The van der Waals surface area contributed by atoms with Gasteiger partial charge in [-0.3, -0.25) is 4.79 Å². The van der Waals surface area contributed by atoms with Crippen molar-refractivity contribution in [3.63, 3.8) is 0 Å². The molecule has 25 heavy (non-hydrogen) atoms. The second kappa shape index (κ2) is 8.00. The Labute approximate surface area is 147 Å². The minimum atomic E-state index is -0.356. The second-order valence-corrected chi connectivity index (χ2v) is 6.08. The molecular weight excluding hydrogens is 316 g/mol. The van der Waals surface area contributed by atoms with Crippen molar-refractivity contribution in [1.82, 2.24) is 16.2 Å². The summed E-state index contributed by atoms with van der Waals surface area (Å²) in [7, 11) is 0. The maximum atomic E-state index is 12.4. The predicted molar refractivity (Wildman–Crippen MR) is 98.1 cm³/mol. The molecule has 2 atom stereocenters. The van der Waals surface area contributed by atoms with Crippen LogP contribution in [0.2, 0.25) is 0 Å². The molecular formula is C19H24N4O2. The van der Waals surface area contributed by atoms with Crippen LogP contribution < -0.4 is 26.2 Å². The molecule has 1 aliphatic rings. The first-order valence-electron chi connectivity index (χ1n) is 8.50. The second-order valence-electron chi connectivity index (χ2n) is 6.08. The number of ether oxygens (including phenoxy) is 1. The van der Waals surface area contributed by atoms with E-state index in [4.69, 9.17) is 4.74 Å². The SMILES string of the molecule is CCOc1ccc(CC2NNC(Nc3cccc(C)c3)NC2=O)cc1.